The summed E-state index contributed by atoms with van der Waals surface area (Å²) >= 11 is 0. The molecule has 7 nitrogen and oxygen atoms in total. The number of hydrogen-bond acceptors (Lipinski definition) is 4. The first-order valence-corrected chi connectivity index (χ1v) is 8.13. The van der Waals surface area contributed by atoms with Crippen LogP contribution in [0.1, 0.15) is 38.2 Å². The monoisotopic (exact) mass is 318 g/mol. The van der Waals surface area contributed by atoms with Crippen LogP contribution in [0.4, 0.5) is 0 Å². The van der Waals surface area contributed by atoms with E-state index in [0.29, 0.717) is 6.54 Å². The summed E-state index contributed by atoms with van der Waals surface area (Å²) in [5, 5.41) is 18.9. The maximum Gasteiger partial charge on any atom is 0.352 e. The van der Waals surface area contributed by atoms with E-state index in [9.17, 15) is 18.3 Å². The van der Waals surface area contributed by atoms with E-state index in [4.69, 9.17) is 5.11 Å². The molecule has 1 heterocycles. The van der Waals surface area contributed by atoms with Gasteiger partial charge in [-0.15, -0.1) is 0 Å². The van der Waals surface area contributed by atoms with Crippen molar-refractivity contribution in [2.24, 2.45) is 0 Å². The minimum atomic E-state index is -3.84. The Kier molecular flexibility index (Phi) is 5.19. The van der Waals surface area contributed by atoms with Gasteiger partial charge in [0.1, 0.15) is 10.6 Å². The maximum absolute atomic E-state index is 12.6. The molecule has 0 spiro atoms. The summed E-state index contributed by atoms with van der Waals surface area (Å²) in [6.07, 6.45) is 1.31. The number of nitrogens with zero attached hydrogens (tertiary/aromatic N) is 2. The van der Waals surface area contributed by atoms with Gasteiger partial charge >= 0.3 is 5.97 Å². The molecule has 1 aromatic heterocycles. The number of sulfonamides is 1. The molecule has 0 aliphatic heterocycles. The van der Waals surface area contributed by atoms with Crippen molar-refractivity contribution in [1.82, 2.24) is 8.87 Å². The molecule has 120 valence electrons. The Morgan fingerprint density at radius 1 is 1.38 bits per heavy atom. The van der Waals surface area contributed by atoms with Crippen molar-refractivity contribution < 1.29 is 23.4 Å². The zero-order chi connectivity index (χ0) is 16.4. The number of aliphatic hydroxyl groups is 1. The van der Waals surface area contributed by atoms with Gasteiger partial charge in [0, 0.05) is 25.8 Å². The molecule has 0 bridgehead atoms. The standard InChI is InChI=1S/C13H22N2O5S/c1-5-14-8-10(7-11(14)12(16)17)21(19,20)15(6-2)9-13(3,4)18/h7-8,18H,5-6,9H2,1-4H3,(H,16,17). The predicted octanol–water partition coefficient (Wildman–Crippen LogP) is 0.988. The summed E-state index contributed by atoms with van der Waals surface area (Å²) in [5.41, 5.74) is -1.25. The lowest BCUT2D eigenvalue weighted by molar-refractivity contribution is 0.0600. The highest BCUT2D eigenvalue weighted by atomic mass is 32.2. The molecule has 0 amide bonds. The van der Waals surface area contributed by atoms with Gasteiger partial charge in [-0.1, -0.05) is 6.92 Å². The van der Waals surface area contributed by atoms with Gasteiger partial charge in [0.25, 0.3) is 0 Å². The number of likely N-dealkylation sites (N-methyl/N-ethyl adjacent to an activating group) is 1. The van der Waals surface area contributed by atoms with E-state index in [1.54, 1.807) is 13.8 Å². The third kappa shape index (κ3) is 4.05. The van der Waals surface area contributed by atoms with Crippen molar-refractivity contribution in [3.05, 3.63) is 18.0 Å². The highest BCUT2D eigenvalue weighted by Crippen LogP contribution is 2.21. The molecule has 1 rings (SSSR count). The molecule has 0 fully saturated rings. The zero-order valence-corrected chi connectivity index (χ0v) is 13.5. The van der Waals surface area contributed by atoms with E-state index in [2.05, 4.69) is 0 Å². The van der Waals surface area contributed by atoms with Gasteiger partial charge in [0.05, 0.1) is 5.60 Å². The second-order valence-corrected chi connectivity index (χ2v) is 7.33. The molecular formula is C13H22N2O5S. The fourth-order valence-corrected chi connectivity index (χ4v) is 3.66. The van der Waals surface area contributed by atoms with E-state index in [1.807, 2.05) is 0 Å². The maximum atomic E-state index is 12.6. The van der Waals surface area contributed by atoms with Crippen LogP contribution in [0.5, 0.6) is 0 Å². The molecule has 21 heavy (non-hydrogen) atoms. The summed E-state index contributed by atoms with van der Waals surface area (Å²) in [4.78, 5) is 11.0. The van der Waals surface area contributed by atoms with Crippen molar-refractivity contribution in [3.8, 4) is 0 Å². The fraction of sp³-hybridized carbons (Fsp3) is 0.615. The summed E-state index contributed by atoms with van der Waals surface area (Å²) in [6.45, 7) is 6.91. The Morgan fingerprint density at radius 2 is 1.95 bits per heavy atom. The van der Waals surface area contributed by atoms with Crippen LogP contribution < -0.4 is 0 Å². The largest absolute Gasteiger partial charge is 0.477 e. The van der Waals surface area contributed by atoms with Crippen molar-refractivity contribution >= 4 is 16.0 Å². The Balaban J connectivity index is 3.26. The van der Waals surface area contributed by atoms with Gasteiger partial charge < -0.3 is 14.8 Å². The Bertz CT molecular complexity index is 613. The van der Waals surface area contributed by atoms with Crippen LogP contribution in [0.3, 0.4) is 0 Å². The van der Waals surface area contributed by atoms with Crippen LogP contribution in [-0.2, 0) is 16.6 Å². The molecule has 0 saturated heterocycles. The molecular weight excluding hydrogens is 296 g/mol. The Hall–Kier alpha value is -1.38. The highest BCUT2D eigenvalue weighted by molar-refractivity contribution is 7.89. The van der Waals surface area contributed by atoms with E-state index in [1.165, 1.54) is 24.6 Å². The molecule has 0 atom stereocenters. The highest BCUT2D eigenvalue weighted by Gasteiger charge is 2.30. The first-order valence-electron chi connectivity index (χ1n) is 6.69. The number of aromatic carboxylic acids is 1. The van der Waals surface area contributed by atoms with Crippen LogP contribution in [0.25, 0.3) is 0 Å². The molecule has 0 aliphatic carbocycles. The first-order chi connectivity index (χ1) is 9.52. The lowest BCUT2D eigenvalue weighted by atomic mass is 10.1. The number of rotatable bonds is 7. The molecule has 1 aromatic rings. The van der Waals surface area contributed by atoms with Crippen LogP contribution in [0, 0.1) is 0 Å². The summed E-state index contributed by atoms with van der Waals surface area (Å²) < 4.78 is 27.6. The number of carboxylic acids is 1. The average Bonchev–Trinajstić information content (AvgIpc) is 2.79. The molecule has 0 saturated carbocycles. The second kappa shape index (κ2) is 6.17. The smallest absolute Gasteiger partial charge is 0.352 e. The lowest BCUT2D eigenvalue weighted by Crippen LogP contribution is -2.41. The fourth-order valence-electron chi connectivity index (χ4n) is 2.01. The van der Waals surface area contributed by atoms with Crippen molar-refractivity contribution in [1.29, 1.82) is 0 Å². The van der Waals surface area contributed by atoms with Gasteiger partial charge in [0.15, 0.2) is 0 Å². The first kappa shape index (κ1) is 17.7. The zero-order valence-electron chi connectivity index (χ0n) is 12.7. The number of hydrogen-bond donors (Lipinski definition) is 2. The van der Waals surface area contributed by atoms with Crippen molar-refractivity contribution in [2.45, 2.75) is 44.7 Å². The van der Waals surface area contributed by atoms with Crippen LogP contribution in [0.2, 0.25) is 0 Å². The summed E-state index contributed by atoms with van der Waals surface area (Å²) in [5.74, 6) is -1.18. The van der Waals surface area contributed by atoms with Crippen molar-refractivity contribution in [2.75, 3.05) is 13.1 Å². The molecule has 0 unspecified atom stereocenters. The van der Waals surface area contributed by atoms with Crippen LogP contribution >= 0.6 is 0 Å². The number of carbonyl (C=O) groups is 1. The van der Waals surface area contributed by atoms with Gasteiger partial charge in [-0.3, -0.25) is 0 Å². The third-order valence-electron chi connectivity index (χ3n) is 2.99. The SMILES string of the molecule is CCN(CC(C)(C)O)S(=O)(=O)c1cc(C(=O)O)n(CC)c1. The van der Waals surface area contributed by atoms with Crippen molar-refractivity contribution in [3.63, 3.8) is 0 Å². The van der Waals surface area contributed by atoms with Gasteiger partial charge in [-0.2, -0.15) is 4.31 Å². The van der Waals surface area contributed by atoms with E-state index >= 15 is 0 Å². The van der Waals surface area contributed by atoms with Gasteiger partial charge in [-0.05, 0) is 26.8 Å². The molecule has 8 heteroatoms. The van der Waals surface area contributed by atoms with Crippen LogP contribution in [-0.4, -0.2) is 52.2 Å². The summed E-state index contributed by atoms with van der Waals surface area (Å²) in [6, 6.07) is 1.15. The topological polar surface area (TPSA) is 99.8 Å². The number of carboxylic acid groups (broad SMARTS) is 1. The van der Waals surface area contributed by atoms with E-state index in [-0.39, 0.29) is 23.7 Å². The number of aromatic nitrogens is 1. The normalized spacial score (nSPS) is 12.9. The number of aryl methyl sites for hydroxylation is 1. The van der Waals surface area contributed by atoms with Crippen LogP contribution in [0.15, 0.2) is 17.2 Å². The van der Waals surface area contributed by atoms with E-state index < -0.39 is 21.6 Å². The summed E-state index contributed by atoms with van der Waals surface area (Å²) in [7, 11) is -3.84. The molecule has 0 aromatic carbocycles. The quantitative estimate of drug-likeness (QED) is 0.781. The van der Waals surface area contributed by atoms with Gasteiger partial charge in [-0.25, -0.2) is 13.2 Å². The molecule has 0 aliphatic rings. The van der Waals surface area contributed by atoms with E-state index in [0.717, 1.165) is 10.4 Å². The Labute approximate surface area is 124 Å². The minimum absolute atomic E-state index is 0.0639. The third-order valence-corrected chi connectivity index (χ3v) is 4.87. The predicted molar refractivity (Wildman–Crippen MR) is 77.8 cm³/mol. The minimum Gasteiger partial charge on any atom is -0.477 e. The molecule has 2 N–H and O–H groups in total. The molecule has 0 radical (unpaired) electrons. The second-order valence-electron chi connectivity index (χ2n) is 5.40. The Morgan fingerprint density at radius 3 is 2.29 bits per heavy atom. The lowest BCUT2D eigenvalue weighted by Gasteiger charge is -2.26. The van der Waals surface area contributed by atoms with Gasteiger partial charge in [0.2, 0.25) is 10.0 Å². The average molecular weight is 318 g/mol.